The van der Waals surface area contributed by atoms with Gasteiger partial charge in [0, 0.05) is 26.2 Å². The SMILES string of the molecule is CN(C)C(=O)c1cccc(CN[C@H](CO)c2ccccc2)c1. The van der Waals surface area contributed by atoms with E-state index in [0.717, 1.165) is 11.1 Å². The molecule has 4 nitrogen and oxygen atoms in total. The van der Waals surface area contributed by atoms with E-state index in [4.69, 9.17) is 0 Å². The van der Waals surface area contributed by atoms with Gasteiger partial charge in [0.05, 0.1) is 12.6 Å². The van der Waals surface area contributed by atoms with E-state index in [1.165, 1.54) is 0 Å². The van der Waals surface area contributed by atoms with E-state index in [1.807, 2.05) is 54.6 Å². The molecule has 0 aromatic heterocycles. The second-order valence-corrected chi connectivity index (χ2v) is 5.43. The van der Waals surface area contributed by atoms with Gasteiger partial charge in [-0.1, -0.05) is 42.5 Å². The molecule has 2 aromatic carbocycles. The quantitative estimate of drug-likeness (QED) is 0.860. The number of nitrogens with one attached hydrogen (secondary N) is 1. The first-order valence-corrected chi connectivity index (χ1v) is 7.31. The third-order valence-corrected chi connectivity index (χ3v) is 3.52. The van der Waals surface area contributed by atoms with Crippen LogP contribution in [0.2, 0.25) is 0 Å². The molecule has 0 saturated carbocycles. The maximum atomic E-state index is 12.0. The Morgan fingerprint density at radius 1 is 1.14 bits per heavy atom. The minimum Gasteiger partial charge on any atom is -0.394 e. The summed E-state index contributed by atoms with van der Waals surface area (Å²) in [6.07, 6.45) is 0. The van der Waals surface area contributed by atoms with E-state index in [1.54, 1.807) is 19.0 Å². The van der Waals surface area contributed by atoms with Crippen LogP contribution in [0.3, 0.4) is 0 Å². The van der Waals surface area contributed by atoms with Crippen molar-refractivity contribution in [3.8, 4) is 0 Å². The van der Waals surface area contributed by atoms with Crippen LogP contribution >= 0.6 is 0 Å². The minimum atomic E-state index is -0.116. The Morgan fingerprint density at radius 3 is 2.50 bits per heavy atom. The Kier molecular flexibility index (Phi) is 5.69. The number of hydrogen-bond acceptors (Lipinski definition) is 3. The minimum absolute atomic E-state index is 0.0105. The maximum Gasteiger partial charge on any atom is 0.253 e. The Balaban J connectivity index is 2.05. The molecule has 2 rings (SSSR count). The van der Waals surface area contributed by atoms with Crippen molar-refractivity contribution in [1.29, 1.82) is 0 Å². The molecule has 0 aliphatic heterocycles. The van der Waals surface area contributed by atoms with Crippen molar-refractivity contribution in [1.82, 2.24) is 10.2 Å². The fourth-order valence-corrected chi connectivity index (χ4v) is 2.29. The highest BCUT2D eigenvalue weighted by atomic mass is 16.3. The van der Waals surface area contributed by atoms with Crippen molar-refractivity contribution in [2.24, 2.45) is 0 Å². The molecule has 1 amide bonds. The van der Waals surface area contributed by atoms with E-state index in [9.17, 15) is 9.90 Å². The molecule has 22 heavy (non-hydrogen) atoms. The summed E-state index contributed by atoms with van der Waals surface area (Å²) in [4.78, 5) is 13.5. The number of aliphatic hydroxyl groups excluding tert-OH is 1. The topological polar surface area (TPSA) is 52.6 Å². The molecule has 4 heteroatoms. The summed E-state index contributed by atoms with van der Waals surface area (Å²) in [5.74, 6) is -0.0105. The summed E-state index contributed by atoms with van der Waals surface area (Å²) in [6, 6.07) is 17.3. The second-order valence-electron chi connectivity index (χ2n) is 5.43. The molecule has 2 aromatic rings. The second kappa shape index (κ2) is 7.73. The van der Waals surface area contributed by atoms with Crippen LogP contribution in [0.4, 0.5) is 0 Å². The van der Waals surface area contributed by atoms with Crippen LogP contribution in [0.1, 0.15) is 27.5 Å². The lowest BCUT2D eigenvalue weighted by Gasteiger charge is -2.17. The highest BCUT2D eigenvalue weighted by molar-refractivity contribution is 5.94. The van der Waals surface area contributed by atoms with Gasteiger partial charge in [0.1, 0.15) is 0 Å². The molecule has 0 aliphatic rings. The van der Waals surface area contributed by atoms with Crippen molar-refractivity contribution < 1.29 is 9.90 Å². The van der Waals surface area contributed by atoms with E-state index >= 15 is 0 Å². The van der Waals surface area contributed by atoms with E-state index in [2.05, 4.69) is 5.32 Å². The number of hydrogen-bond donors (Lipinski definition) is 2. The number of carbonyl (C=O) groups excluding carboxylic acids is 1. The van der Waals surface area contributed by atoms with Crippen molar-refractivity contribution in [3.05, 3.63) is 71.3 Å². The molecule has 1 atom stereocenters. The first kappa shape index (κ1) is 16.2. The molecule has 2 N–H and O–H groups in total. The van der Waals surface area contributed by atoms with Gasteiger partial charge >= 0.3 is 0 Å². The van der Waals surface area contributed by atoms with Crippen LogP contribution < -0.4 is 5.32 Å². The van der Waals surface area contributed by atoms with Gasteiger partial charge < -0.3 is 15.3 Å². The molecule has 0 saturated heterocycles. The fourth-order valence-electron chi connectivity index (χ4n) is 2.29. The number of rotatable bonds is 6. The lowest BCUT2D eigenvalue weighted by atomic mass is 10.1. The van der Waals surface area contributed by atoms with Crippen molar-refractivity contribution in [3.63, 3.8) is 0 Å². The molecule has 0 aliphatic carbocycles. The summed E-state index contributed by atoms with van der Waals surface area (Å²) in [7, 11) is 3.48. The van der Waals surface area contributed by atoms with Gasteiger partial charge in [0.25, 0.3) is 5.91 Å². The van der Waals surface area contributed by atoms with Gasteiger partial charge in [0.15, 0.2) is 0 Å². The van der Waals surface area contributed by atoms with Gasteiger partial charge in [-0.25, -0.2) is 0 Å². The number of carbonyl (C=O) groups is 1. The highest BCUT2D eigenvalue weighted by Gasteiger charge is 2.11. The van der Waals surface area contributed by atoms with Gasteiger partial charge in [-0.3, -0.25) is 4.79 Å². The predicted octanol–water partition coefficient (Wildman–Crippen LogP) is 2.21. The van der Waals surface area contributed by atoms with Crippen LogP contribution in [-0.2, 0) is 6.54 Å². The smallest absolute Gasteiger partial charge is 0.253 e. The van der Waals surface area contributed by atoms with Crippen molar-refractivity contribution >= 4 is 5.91 Å². The van der Waals surface area contributed by atoms with Crippen LogP contribution in [0.15, 0.2) is 54.6 Å². The Hall–Kier alpha value is -2.17. The van der Waals surface area contributed by atoms with Crippen molar-refractivity contribution in [2.75, 3.05) is 20.7 Å². The number of aliphatic hydroxyl groups is 1. The van der Waals surface area contributed by atoms with Gasteiger partial charge in [-0.15, -0.1) is 0 Å². The zero-order chi connectivity index (χ0) is 15.9. The fraction of sp³-hybridized carbons (Fsp3) is 0.278. The largest absolute Gasteiger partial charge is 0.394 e. The van der Waals surface area contributed by atoms with Crippen LogP contribution in [0.5, 0.6) is 0 Å². The van der Waals surface area contributed by atoms with E-state index < -0.39 is 0 Å². The maximum absolute atomic E-state index is 12.0. The lowest BCUT2D eigenvalue weighted by molar-refractivity contribution is 0.0827. The first-order valence-electron chi connectivity index (χ1n) is 7.31. The standard InChI is InChI=1S/C18H22N2O2/c1-20(2)18(22)16-10-6-7-14(11-16)12-19-17(13-21)15-8-4-3-5-9-15/h3-11,17,19,21H,12-13H2,1-2H3/t17-/m1/s1. The molecule has 0 unspecified atom stereocenters. The summed E-state index contributed by atoms with van der Waals surface area (Å²) in [6.45, 7) is 0.620. The molecule has 0 radical (unpaired) electrons. The summed E-state index contributed by atoms with van der Waals surface area (Å²) in [5, 5.41) is 12.9. The van der Waals surface area contributed by atoms with Gasteiger partial charge in [-0.05, 0) is 23.3 Å². The normalized spacial score (nSPS) is 12.0. The zero-order valence-electron chi connectivity index (χ0n) is 13.0. The monoisotopic (exact) mass is 298 g/mol. The highest BCUT2D eigenvalue weighted by Crippen LogP contribution is 2.13. The molecule has 0 heterocycles. The van der Waals surface area contributed by atoms with E-state index in [0.29, 0.717) is 12.1 Å². The van der Waals surface area contributed by atoms with Crippen LogP contribution in [0.25, 0.3) is 0 Å². The van der Waals surface area contributed by atoms with Crippen LogP contribution in [0, 0.1) is 0 Å². The number of nitrogens with zero attached hydrogens (tertiary/aromatic N) is 1. The molecular weight excluding hydrogens is 276 g/mol. The Bertz CT molecular complexity index is 611. The molecule has 0 fully saturated rings. The zero-order valence-corrected chi connectivity index (χ0v) is 13.0. The average Bonchev–Trinajstić information content (AvgIpc) is 2.56. The Labute approximate surface area is 131 Å². The molecule has 116 valence electrons. The third kappa shape index (κ3) is 4.16. The van der Waals surface area contributed by atoms with Gasteiger partial charge in [0.2, 0.25) is 0 Å². The Morgan fingerprint density at radius 2 is 1.86 bits per heavy atom. The third-order valence-electron chi connectivity index (χ3n) is 3.52. The lowest BCUT2D eigenvalue weighted by Crippen LogP contribution is -2.24. The summed E-state index contributed by atoms with van der Waals surface area (Å²) < 4.78 is 0. The molecule has 0 spiro atoms. The summed E-state index contributed by atoms with van der Waals surface area (Å²) >= 11 is 0. The summed E-state index contributed by atoms with van der Waals surface area (Å²) in [5.41, 5.74) is 2.73. The first-order chi connectivity index (χ1) is 10.6. The average molecular weight is 298 g/mol. The number of amides is 1. The molecule has 0 bridgehead atoms. The van der Waals surface area contributed by atoms with Crippen molar-refractivity contribution in [2.45, 2.75) is 12.6 Å². The van der Waals surface area contributed by atoms with Gasteiger partial charge in [-0.2, -0.15) is 0 Å². The van der Waals surface area contributed by atoms with Crippen LogP contribution in [-0.4, -0.2) is 36.6 Å². The number of benzene rings is 2. The molecular formula is C18H22N2O2. The predicted molar refractivity (Wildman–Crippen MR) is 87.6 cm³/mol. The van der Waals surface area contributed by atoms with E-state index in [-0.39, 0.29) is 18.6 Å².